The van der Waals surface area contributed by atoms with Crippen LogP contribution in [0.25, 0.3) is 0 Å². The van der Waals surface area contributed by atoms with Gasteiger partial charge in [-0.25, -0.2) is 0 Å². The average molecular weight is 517 g/mol. The van der Waals surface area contributed by atoms with Crippen molar-refractivity contribution in [1.82, 2.24) is 0 Å². The van der Waals surface area contributed by atoms with Crippen molar-refractivity contribution in [3.05, 3.63) is 0 Å². The van der Waals surface area contributed by atoms with E-state index in [1.165, 1.54) is 103 Å². The molecule has 0 nitrogen and oxygen atoms in total. The Morgan fingerprint density at radius 2 is 1.51 bits per heavy atom. The van der Waals surface area contributed by atoms with Crippen molar-refractivity contribution in [2.24, 2.45) is 57.7 Å². The van der Waals surface area contributed by atoms with Gasteiger partial charge in [-0.1, -0.05) is 134 Å². The van der Waals surface area contributed by atoms with Crippen LogP contribution in [0.4, 0.5) is 0 Å². The first kappa shape index (κ1) is 33.2. The highest BCUT2D eigenvalue weighted by atomic mass is 14.6. The van der Waals surface area contributed by atoms with Gasteiger partial charge in [0.05, 0.1) is 0 Å². The third kappa shape index (κ3) is 10.5. The van der Waals surface area contributed by atoms with Gasteiger partial charge >= 0.3 is 0 Å². The maximum absolute atomic E-state index is 2.63. The fourth-order valence-electron chi connectivity index (χ4n) is 8.24. The maximum Gasteiger partial charge on any atom is -0.0266 e. The van der Waals surface area contributed by atoms with Crippen molar-refractivity contribution in [3.63, 3.8) is 0 Å². The summed E-state index contributed by atoms with van der Waals surface area (Å²) in [5.74, 6) is 6.39. The van der Waals surface area contributed by atoms with Crippen LogP contribution in [0.2, 0.25) is 0 Å². The van der Waals surface area contributed by atoms with E-state index in [-0.39, 0.29) is 0 Å². The highest BCUT2D eigenvalue weighted by molar-refractivity contribution is 5.03. The molecule has 0 bridgehead atoms. The third-order valence-corrected chi connectivity index (χ3v) is 12.5. The van der Waals surface area contributed by atoms with Crippen LogP contribution in [0.15, 0.2) is 0 Å². The summed E-state index contributed by atoms with van der Waals surface area (Å²) in [6.07, 6.45) is 23.6. The van der Waals surface area contributed by atoms with Crippen LogP contribution in [0.3, 0.4) is 0 Å². The zero-order valence-corrected chi connectivity index (χ0v) is 27.9. The lowest BCUT2D eigenvalue weighted by Gasteiger charge is -2.39. The number of unbranched alkanes of at least 4 members (excludes halogenated alkanes) is 1. The monoisotopic (exact) mass is 517 g/mol. The molecule has 0 spiro atoms. The molecule has 0 heterocycles. The Morgan fingerprint density at radius 1 is 0.892 bits per heavy atom. The van der Waals surface area contributed by atoms with Crippen molar-refractivity contribution < 1.29 is 0 Å². The molecule has 5 atom stereocenters. The summed E-state index contributed by atoms with van der Waals surface area (Å²) < 4.78 is 0. The lowest BCUT2D eigenvalue weighted by atomic mass is 9.66. The smallest absolute Gasteiger partial charge is 0.0266 e. The molecule has 37 heavy (non-hydrogen) atoms. The second kappa shape index (κ2) is 14.6. The molecule has 0 aromatic heterocycles. The molecule has 0 aromatic rings. The van der Waals surface area contributed by atoms with Crippen LogP contribution in [-0.4, -0.2) is 0 Å². The van der Waals surface area contributed by atoms with Crippen molar-refractivity contribution in [3.8, 4) is 0 Å². The van der Waals surface area contributed by atoms with E-state index < -0.39 is 0 Å². The molecule has 0 N–H and O–H groups in total. The van der Waals surface area contributed by atoms with Crippen molar-refractivity contribution >= 4 is 0 Å². The fraction of sp³-hybridized carbons (Fsp3) is 1.00. The second-order valence-corrected chi connectivity index (χ2v) is 16.7. The summed E-state index contributed by atoms with van der Waals surface area (Å²) in [7, 11) is 0. The Morgan fingerprint density at radius 3 is 2.05 bits per heavy atom. The Kier molecular flexibility index (Phi) is 13.1. The van der Waals surface area contributed by atoms with Crippen LogP contribution >= 0.6 is 0 Å². The van der Waals surface area contributed by atoms with Gasteiger partial charge in [0.1, 0.15) is 0 Å². The van der Waals surface area contributed by atoms with Gasteiger partial charge in [0.25, 0.3) is 0 Å². The maximum atomic E-state index is 2.63. The van der Waals surface area contributed by atoms with Crippen LogP contribution in [0, 0.1) is 57.7 Å². The van der Waals surface area contributed by atoms with Gasteiger partial charge in [-0.3, -0.25) is 0 Å². The van der Waals surface area contributed by atoms with Gasteiger partial charge in [-0.05, 0) is 103 Å². The van der Waals surface area contributed by atoms with E-state index in [9.17, 15) is 0 Å². The molecule has 0 aromatic carbocycles. The summed E-state index contributed by atoms with van der Waals surface area (Å²) >= 11 is 0. The van der Waals surface area contributed by atoms with E-state index in [1.54, 1.807) is 0 Å². The third-order valence-electron chi connectivity index (χ3n) is 12.5. The molecular weight excluding hydrogens is 444 g/mol. The summed E-state index contributed by atoms with van der Waals surface area (Å²) in [6.45, 7) is 27.4. The molecule has 0 amide bonds. The Bertz CT molecular complexity index is 616. The van der Waals surface area contributed by atoms with E-state index in [2.05, 4.69) is 76.2 Å². The molecule has 0 aliphatic heterocycles. The number of hydrogen-bond donors (Lipinski definition) is 0. The minimum Gasteiger partial charge on any atom is -0.0651 e. The van der Waals surface area contributed by atoms with Crippen molar-refractivity contribution in [2.45, 2.75) is 179 Å². The predicted octanol–water partition coefficient (Wildman–Crippen LogP) is 12.7. The minimum absolute atomic E-state index is 0.485. The minimum atomic E-state index is 0.485. The van der Waals surface area contributed by atoms with Gasteiger partial charge in [-0.15, -0.1) is 0 Å². The number of hydrogen-bond acceptors (Lipinski definition) is 0. The number of rotatable bonds is 16. The predicted molar refractivity (Wildman–Crippen MR) is 168 cm³/mol. The SMILES string of the molecule is CCC(CCCCC1CCCC(C)(CCC(C)(C)C(C)CC(C)C)CCC1)CC1CC1(C)C(C)C(C)C. The topological polar surface area (TPSA) is 0 Å². The van der Waals surface area contributed by atoms with Crippen LogP contribution < -0.4 is 0 Å². The van der Waals surface area contributed by atoms with Crippen LogP contribution in [-0.2, 0) is 0 Å². The van der Waals surface area contributed by atoms with E-state index in [0.717, 1.165) is 41.4 Å². The van der Waals surface area contributed by atoms with E-state index in [1.807, 2.05) is 0 Å². The van der Waals surface area contributed by atoms with E-state index in [0.29, 0.717) is 16.2 Å². The largest absolute Gasteiger partial charge is 0.0651 e. The second-order valence-electron chi connectivity index (χ2n) is 16.7. The lowest BCUT2D eigenvalue weighted by molar-refractivity contribution is 0.123. The van der Waals surface area contributed by atoms with E-state index in [4.69, 9.17) is 0 Å². The first-order chi connectivity index (χ1) is 17.2. The molecule has 0 radical (unpaired) electrons. The summed E-state index contributed by atoms with van der Waals surface area (Å²) in [6, 6.07) is 0. The summed E-state index contributed by atoms with van der Waals surface area (Å²) in [5.41, 5.74) is 1.73. The van der Waals surface area contributed by atoms with Gasteiger partial charge in [0.15, 0.2) is 0 Å². The van der Waals surface area contributed by atoms with Gasteiger partial charge < -0.3 is 0 Å². The zero-order valence-electron chi connectivity index (χ0n) is 27.9. The standard InChI is InChI=1S/C37H72/c1-12-32(26-34-27-37(34,11)31(7)29(4)5)17-13-14-18-33-19-15-21-36(10,22-16-20-33)24-23-35(8,9)30(6)25-28(2)3/h28-34H,12-27H2,1-11H3. The normalized spacial score (nSPS) is 31.7. The Balaban J connectivity index is 1.66. The molecule has 0 saturated heterocycles. The van der Waals surface area contributed by atoms with Crippen LogP contribution in [0.1, 0.15) is 179 Å². The lowest BCUT2D eigenvalue weighted by Crippen LogP contribution is -2.27. The van der Waals surface area contributed by atoms with Gasteiger partial charge in [-0.2, -0.15) is 0 Å². The molecule has 2 saturated carbocycles. The fourth-order valence-corrected chi connectivity index (χ4v) is 8.24. The highest BCUT2D eigenvalue weighted by Gasteiger charge is 2.53. The molecule has 2 aliphatic rings. The molecule has 5 unspecified atom stereocenters. The summed E-state index contributed by atoms with van der Waals surface area (Å²) in [4.78, 5) is 0. The Labute approximate surface area is 236 Å². The van der Waals surface area contributed by atoms with E-state index >= 15 is 0 Å². The average Bonchev–Trinajstić information content (AvgIpc) is 3.47. The van der Waals surface area contributed by atoms with Crippen molar-refractivity contribution in [2.75, 3.05) is 0 Å². The van der Waals surface area contributed by atoms with Crippen LogP contribution in [0.5, 0.6) is 0 Å². The summed E-state index contributed by atoms with van der Waals surface area (Å²) in [5, 5.41) is 0. The molecule has 0 heteroatoms. The molecule has 220 valence electrons. The quantitative estimate of drug-likeness (QED) is 0.179. The first-order valence-corrected chi connectivity index (χ1v) is 17.2. The Hall–Kier alpha value is 0. The molecule has 2 rings (SSSR count). The molecule has 2 fully saturated rings. The zero-order chi connectivity index (χ0) is 27.9. The van der Waals surface area contributed by atoms with Crippen molar-refractivity contribution in [1.29, 1.82) is 0 Å². The first-order valence-electron chi connectivity index (χ1n) is 17.2. The highest BCUT2D eigenvalue weighted by Crippen LogP contribution is 2.62. The molecule has 2 aliphatic carbocycles. The van der Waals surface area contributed by atoms with Gasteiger partial charge in [0, 0.05) is 0 Å². The van der Waals surface area contributed by atoms with Gasteiger partial charge in [0.2, 0.25) is 0 Å². The molecular formula is C37H72.